The molecule has 0 atom stereocenters. The van der Waals surface area contributed by atoms with E-state index in [-0.39, 0.29) is 0 Å². The Kier molecular flexibility index (Phi) is 2.49. The standard InChI is InChI=1S/C9H12N2/c1-10(2)11(3)9-7-5-4-6-8-9/h1,4-8H,2-3H3. The molecule has 0 spiro atoms. The lowest BCUT2D eigenvalue weighted by Gasteiger charge is -2.25. The van der Waals surface area contributed by atoms with Crippen molar-refractivity contribution in [2.24, 2.45) is 0 Å². The van der Waals surface area contributed by atoms with Crippen LogP contribution in [0.15, 0.2) is 30.3 Å². The first kappa shape index (κ1) is 8.08. The van der Waals surface area contributed by atoms with E-state index in [1.807, 2.05) is 42.4 Å². The number of hydrogen-bond acceptors (Lipinski definition) is 2. The van der Waals surface area contributed by atoms with E-state index < -0.39 is 0 Å². The van der Waals surface area contributed by atoms with Crippen molar-refractivity contribution in [2.75, 3.05) is 19.1 Å². The Labute approximate surface area is 68.0 Å². The Morgan fingerprint density at radius 1 is 1.09 bits per heavy atom. The van der Waals surface area contributed by atoms with Gasteiger partial charge >= 0.3 is 0 Å². The zero-order valence-electron chi connectivity index (χ0n) is 6.86. The van der Waals surface area contributed by atoms with Gasteiger partial charge in [-0.2, -0.15) is 0 Å². The Bertz CT molecular complexity index is 206. The Balaban J connectivity index is 2.77. The van der Waals surface area contributed by atoms with Crippen molar-refractivity contribution in [1.82, 2.24) is 5.01 Å². The van der Waals surface area contributed by atoms with E-state index in [0.29, 0.717) is 0 Å². The third-order valence-corrected chi connectivity index (χ3v) is 1.60. The van der Waals surface area contributed by atoms with Crippen molar-refractivity contribution in [3.8, 4) is 0 Å². The van der Waals surface area contributed by atoms with Gasteiger partial charge in [0.25, 0.3) is 0 Å². The van der Waals surface area contributed by atoms with Crippen LogP contribution in [0.3, 0.4) is 0 Å². The zero-order chi connectivity index (χ0) is 8.27. The van der Waals surface area contributed by atoms with E-state index in [1.54, 1.807) is 7.05 Å². The number of hydrogen-bond donors (Lipinski definition) is 0. The third kappa shape index (κ3) is 1.95. The predicted molar refractivity (Wildman–Crippen MR) is 46.9 cm³/mol. The first-order chi connectivity index (χ1) is 5.22. The maximum absolute atomic E-state index is 5.53. The van der Waals surface area contributed by atoms with Crippen LogP contribution in [0.2, 0.25) is 0 Å². The third-order valence-electron chi connectivity index (χ3n) is 1.60. The highest BCUT2D eigenvalue weighted by Crippen LogP contribution is 2.11. The molecule has 2 nitrogen and oxygen atoms in total. The zero-order valence-corrected chi connectivity index (χ0v) is 6.86. The number of benzene rings is 1. The van der Waals surface area contributed by atoms with Crippen molar-refractivity contribution in [1.29, 1.82) is 0 Å². The van der Waals surface area contributed by atoms with Crippen LogP contribution in [0.5, 0.6) is 0 Å². The van der Waals surface area contributed by atoms with Crippen molar-refractivity contribution in [3.63, 3.8) is 0 Å². The maximum Gasteiger partial charge on any atom is 0.0670 e. The predicted octanol–water partition coefficient (Wildman–Crippen LogP) is 1.64. The average molecular weight is 148 g/mol. The molecule has 0 amide bonds. The number of anilines is 1. The van der Waals surface area contributed by atoms with Crippen LogP contribution in [0.25, 0.3) is 0 Å². The monoisotopic (exact) mass is 148 g/mol. The molecule has 0 saturated carbocycles. The van der Waals surface area contributed by atoms with Gasteiger partial charge in [0.15, 0.2) is 0 Å². The summed E-state index contributed by atoms with van der Waals surface area (Å²) in [7, 11) is 9.24. The van der Waals surface area contributed by atoms with Gasteiger partial charge in [0.05, 0.1) is 12.7 Å². The highest BCUT2D eigenvalue weighted by atomic mass is 15.6. The Morgan fingerprint density at radius 3 is 2.09 bits per heavy atom. The SMILES string of the molecule is [CH]N(C)N(C)c1ccccc1. The fourth-order valence-corrected chi connectivity index (χ4v) is 0.826. The highest BCUT2D eigenvalue weighted by Gasteiger charge is 1.99. The molecule has 0 aromatic heterocycles. The molecule has 2 radical (unpaired) electrons. The maximum atomic E-state index is 5.53. The summed E-state index contributed by atoms with van der Waals surface area (Å²) in [6, 6.07) is 9.95. The molecule has 0 aliphatic carbocycles. The summed E-state index contributed by atoms with van der Waals surface area (Å²) < 4.78 is 0. The Morgan fingerprint density at radius 2 is 1.64 bits per heavy atom. The van der Waals surface area contributed by atoms with Crippen molar-refractivity contribution < 1.29 is 0 Å². The van der Waals surface area contributed by atoms with E-state index >= 15 is 0 Å². The lowest BCUT2D eigenvalue weighted by atomic mass is 10.3. The second-order valence-corrected chi connectivity index (χ2v) is 2.43. The van der Waals surface area contributed by atoms with E-state index in [9.17, 15) is 0 Å². The van der Waals surface area contributed by atoms with Gasteiger partial charge in [0, 0.05) is 14.1 Å². The van der Waals surface area contributed by atoms with Crippen LogP contribution in [-0.4, -0.2) is 19.1 Å². The van der Waals surface area contributed by atoms with Crippen LogP contribution in [0.1, 0.15) is 0 Å². The smallest absolute Gasteiger partial charge is 0.0670 e. The van der Waals surface area contributed by atoms with Crippen LogP contribution in [0.4, 0.5) is 5.69 Å². The molecule has 1 aromatic rings. The molecule has 0 bridgehead atoms. The number of hydrazine groups is 1. The molecule has 58 valence electrons. The summed E-state index contributed by atoms with van der Waals surface area (Å²) in [6.07, 6.45) is 0. The molecular weight excluding hydrogens is 136 g/mol. The molecule has 2 heteroatoms. The van der Waals surface area contributed by atoms with Crippen molar-refractivity contribution >= 4 is 5.69 Å². The van der Waals surface area contributed by atoms with Crippen LogP contribution >= 0.6 is 0 Å². The molecule has 0 heterocycles. The molecule has 0 aliphatic rings. The molecule has 1 aromatic carbocycles. The number of nitrogens with zero attached hydrogens (tertiary/aromatic N) is 2. The van der Waals surface area contributed by atoms with Crippen molar-refractivity contribution in [3.05, 3.63) is 37.4 Å². The lowest BCUT2D eigenvalue weighted by Crippen LogP contribution is -2.30. The summed E-state index contributed by atoms with van der Waals surface area (Å²) in [5, 5.41) is 3.40. The molecule has 0 fully saturated rings. The minimum atomic E-state index is 1.08. The van der Waals surface area contributed by atoms with E-state index in [0.717, 1.165) is 5.69 Å². The van der Waals surface area contributed by atoms with Crippen LogP contribution < -0.4 is 5.01 Å². The average Bonchev–Trinajstić information content (AvgIpc) is 2.05. The van der Waals surface area contributed by atoms with Gasteiger partial charge in [-0.1, -0.05) is 18.2 Å². The normalized spacial score (nSPS) is 10.2. The number of para-hydroxylation sites is 1. The fourth-order valence-electron chi connectivity index (χ4n) is 0.826. The fraction of sp³-hybridized carbons (Fsp3) is 0.222. The van der Waals surface area contributed by atoms with E-state index in [4.69, 9.17) is 7.05 Å². The summed E-state index contributed by atoms with van der Waals surface area (Å²) in [6.45, 7) is 0. The second-order valence-electron chi connectivity index (χ2n) is 2.43. The molecule has 0 aliphatic heterocycles. The van der Waals surface area contributed by atoms with Gasteiger partial charge in [-0.25, -0.2) is 5.01 Å². The molecule has 11 heavy (non-hydrogen) atoms. The minimum absolute atomic E-state index is 1.08. The molecule has 1 rings (SSSR count). The van der Waals surface area contributed by atoms with Gasteiger partial charge in [-0.3, -0.25) is 0 Å². The van der Waals surface area contributed by atoms with E-state index in [2.05, 4.69) is 0 Å². The van der Waals surface area contributed by atoms with Gasteiger partial charge in [-0.05, 0) is 12.1 Å². The largest absolute Gasteiger partial charge is 0.309 e. The van der Waals surface area contributed by atoms with Crippen molar-refractivity contribution in [2.45, 2.75) is 0 Å². The molecule has 0 saturated heterocycles. The number of rotatable bonds is 2. The van der Waals surface area contributed by atoms with Gasteiger partial charge in [0.2, 0.25) is 0 Å². The first-order valence-corrected chi connectivity index (χ1v) is 3.49. The molecular formula is C9H12N2. The summed E-state index contributed by atoms with van der Waals surface area (Å²) in [5.41, 5.74) is 1.08. The quantitative estimate of drug-likeness (QED) is 0.464. The summed E-state index contributed by atoms with van der Waals surface area (Å²) >= 11 is 0. The summed E-state index contributed by atoms with van der Waals surface area (Å²) in [5.74, 6) is 0. The lowest BCUT2D eigenvalue weighted by molar-refractivity contribution is 0.438. The highest BCUT2D eigenvalue weighted by molar-refractivity contribution is 5.43. The summed E-state index contributed by atoms with van der Waals surface area (Å²) in [4.78, 5) is 0. The topological polar surface area (TPSA) is 6.48 Å². The van der Waals surface area contributed by atoms with Crippen LogP contribution in [0, 0.1) is 7.05 Å². The van der Waals surface area contributed by atoms with Gasteiger partial charge in [0.1, 0.15) is 0 Å². The van der Waals surface area contributed by atoms with Crippen LogP contribution in [-0.2, 0) is 0 Å². The Hall–Kier alpha value is -1.02. The van der Waals surface area contributed by atoms with Gasteiger partial charge in [-0.15, -0.1) is 0 Å². The van der Waals surface area contributed by atoms with E-state index in [1.165, 1.54) is 5.01 Å². The van der Waals surface area contributed by atoms with Gasteiger partial charge < -0.3 is 5.01 Å². The first-order valence-electron chi connectivity index (χ1n) is 3.49. The second kappa shape index (κ2) is 3.39. The molecule has 0 N–H and O–H groups in total. The molecule has 0 unspecified atom stereocenters. The minimum Gasteiger partial charge on any atom is -0.309 e.